The fourth-order valence-corrected chi connectivity index (χ4v) is 2.23. The molecule has 7 heteroatoms. The minimum absolute atomic E-state index is 0.0500. The van der Waals surface area contributed by atoms with Crippen molar-refractivity contribution in [3.63, 3.8) is 0 Å². The highest BCUT2D eigenvalue weighted by atomic mass is 19.1. The van der Waals surface area contributed by atoms with Crippen molar-refractivity contribution in [1.29, 1.82) is 0 Å². The number of carbonyl (C=O) groups excluding carboxylic acids is 1. The molecule has 0 unspecified atom stereocenters. The van der Waals surface area contributed by atoms with E-state index < -0.39 is 0 Å². The van der Waals surface area contributed by atoms with Crippen molar-refractivity contribution in [2.45, 2.75) is 20.0 Å². The van der Waals surface area contributed by atoms with E-state index in [1.54, 1.807) is 37.5 Å². The molecule has 0 spiro atoms. The Labute approximate surface area is 138 Å². The smallest absolute Gasteiger partial charge is 0.242 e. The Kier molecular flexibility index (Phi) is 4.60. The number of amides is 1. The SMILES string of the molecule is Cc1nc(-c2cccnc2)nn1CC(=O)NCc1cccc(F)c1. The van der Waals surface area contributed by atoms with Crippen LogP contribution >= 0.6 is 0 Å². The molecule has 1 N–H and O–H groups in total. The van der Waals surface area contributed by atoms with Gasteiger partial charge in [-0.2, -0.15) is 5.10 Å². The van der Waals surface area contributed by atoms with Gasteiger partial charge in [-0.15, -0.1) is 0 Å². The number of hydrogen-bond acceptors (Lipinski definition) is 4. The molecular weight excluding hydrogens is 309 g/mol. The van der Waals surface area contributed by atoms with Gasteiger partial charge in [-0.25, -0.2) is 14.1 Å². The number of halogens is 1. The van der Waals surface area contributed by atoms with Crippen molar-refractivity contribution >= 4 is 5.91 Å². The number of rotatable bonds is 5. The van der Waals surface area contributed by atoms with Gasteiger partial charge in [0, 0.05) is 24.5 Å². The monoisotopic (exact) mass is 325 g/mol. The molecule has 122 valence electrons. The Balaban J connectivity index is 1.63. The molecule has 2 heterocycles. The van der Waals surface area contributed by atoms with E-state index in [2.05, 4.69) is 20.4 Å². The molecule has 3 aromatic rings. The summed E-state index contributed by atoms with van der Waals surface area (Å²) in [4.78, 5) is 20.4. The maximum absolute atomic E-state index is 13.1. The van der Waals surface area contributed by atoms with Gasteiger partial charge in [-0.05, 0) is 36.8 Å². The molecule has 0 radical (unpaired) electrons. The fraction of sp³-hybridized carbons (Fsp3) is 0.176. The average Bonchev–Trinajstić information content (AvgIpc) is 2.95. The van der Waals surface area contributed by atoms with Crippen LogP contribution < -0.4 is 5.32 Å². The first-order valence-corrected chi connectivity index (χ1v) is 7.45. The van der Waals surface area contributed by atoms with Crippen LogP contribution in [0, 0.1) is 12.7 Å². The topological polar surface area (TPSA) is 72.7 Å². The highest BCUT2D eigenvalue weighted by Crippen LogP contribution is 2.13. The van der Waals surface area contributed by atoms with E-state index in [0.29, 0.717) is 17.2 Å². The molecule has 0 atom stereocenters. The first kappa shape index (κ1) is 15.8. The van der Waals surface area contributed by atoms with Crippen molar-refractivity contribution in [2.75, 3.05) is 0 Å². The molecule has 0 aliphatic heterocycles. The molecular formula is C17H16FN5O. The second-order valence-corrected chi connectivity index (χ2v) is 5.29. The molecule has 1 aromatic carbocycles. The van der Waals surface area contributed by atoms with Gasteiger partial charge in [0.2, 0.25) is 5.91 Å². The summed E-state index contributed by atoms with van der Waals surface area (Å²) in [7, 11) is 0. The minimum atomic E-state index is -0.324. The number of aromatic nitrogens is 4. The van der Waals surface area contributed by atoms with Crippen LogP contribution in [-0.2, 0) is 17.9 Å². The summed E-state index contributed by atoms with van der Waals surface area (Å²) in [5.74, 6) is 0.619. The van der Waals surface area contributed by atoms with Gasteiger partial charge in [-0.1, -0.05) is 12.1 Å². The predicted molar refractivity (Wildman–Crippen MR) is 86.2 cm³/mol. The van der Waals surface area contributed by atoms with E-state index in [4.69, 9.17) is 0 Å². The van der Waals surface area contributed by atoms with Crippen molar-refractivity contribution in [3.8, 4) is 11.4 Å². The van der Waals surface area contributed by atoms with Gasteiger partial charge < -0.3 is 5.32 Å². The number of carbonyl (C=O) groups is 1. The Morgan fingerprint density at radius 3 is 2.92 bits per heavy atom. The Morgan fingerprint density at radius 2 is 2.17 bits per heavy atom. The molecule has 2 aromatic heterocycles. The lowest BCUT2D eigenvalue weighted by atomic mass is 10.2. The van der Waals surface area contributed by atoms with Gasteiger partial charge in [0.1, 0.15) is 18.2 Å². The van der Waals surface area contributed by atoms with Crippen LogP contribution in [0.2, 0.25) is 0 Å². The zero-order chi connectivity index (χ0) is 16.9. The second-order valence-electron chi connectivity index (χ2n) is 5.29. The van der Waals surface area contributed by atoms with Crippen molar-refractivity contribution in [2.24, 2.45) is 0 Å². The highest BCUT2D eigenvalue weighted by Gasteiger charge is 2.11. The first-order valence-electron chi connectivity index (χ1n) is 7.45. The average molecular weight is 325 g/mol. The summed E-state index contributed by atoms with van der Waals surface area (Å²) < 4.78 is 14.6. The third-order valence-electron chi connectivity index (χ3n) is 3.45. The third kappa shape index (κ3) is 3.81. The van der Waals surface area contributed by atoms with Crippen molar-refractivity contribution < 1.29 is 9.18 Å². The zero-order valence-corrected chi connectivity index (χ0v) is 13.1. The summed E-state index contributed by atoms with van der Waals surface area (Å²) in [6.07, 6.45) is 3.34. The molecule has 0 aliphatic rings. The number of pyridine rings is 1. The van der Waals surface area contributed by atoms with Crippen LogP contribution in [0.4, 0.5) is 4.39 Å². The lowest BCUT2D eigenvalue weighted by Gasteiger charge is -2.06. The summed E-state index contributed by atoms with van der Waals surface area (Å²) >= 11 is 0. The lowest BCUT2D eigenvalue weighted by molar-refractivity contribution is -0.122. The highest BCUT2D eigenvalue weighted by molar-refractivity contribution is 5.75. The van der Waals surface area contributed by atoms with E-state index in [-0.39, 0.29) is 24.8 Å². The third-order valence-corrected chi connectivity index (χ3v) is 3.45. The van der Waals surface area contributed by atoms with E-state index in [0.717, 1.165) is 5.56 Å². The van der Waals surface area contributed by atoms with Gasteiger partial charge in [-0.3, -0.25) is 9.78 Å². The molecule has 0 bridgehead atoms. The standard InChI is InChI=1S/C17H16FN5O/c1-12-21-17(14-5-3-7-19-10-14)22-23(12)11-16(24)20-9-13-4-2-6-15(18)8-13/h2-8,10H,9,11H2,1H3,(H,20,24). The van der Waals surface area contributed by atoms with Gasteiger partial charge in [0.15, 0.2) is 5.82 Å². The second kappa shape index (κ2) is 6.99. The van der Waals surface area contributed by atoms with Crippen molar-refractivity contribution in [3.05, 3.63) is 66.0 Å². The maximum atomic E-state index is 13.1. The fourth-order valence-electron chi connectivity index (χ4n) is 2.23. The summed E-state index contributed by atoms with van der Waals surface area (Å²) in [5, 5.41) is 7.08. The van der Waals surface area contributed by atoms with E-state index >= 15 is 0 Å². The number of aryl methyl sites for hydroxylation is 1. The summed E-state index contributed by atoms with van der Waals surface area (Å²) in [6, 6.07) is 9.78. The molecule has 0 saturated carbocycles. The molecule has 0 aliphatic carbocycles. The van der Waals surface area contributed by atoms with Gasteiger partial charge >= 0.3 is 0 Å². The van der Waals surface area contributed by atoms with Crippen LogP contribution in [-0.4, -0.2) is 25.7 Å². The largest absolute Gasteiger partial charge is 0.350 e. The normalized spacial score (nSPS) is 10.6. The minimum Gasteiger partial charge on any atom is -0.350 e. The van der Waals surface area contributed by atoms with Crippen LogP contribution in [0.5, 0.6) is 0 Å². The van der Waals surface area contributed by atoms with Crippen LogP contribution in [0.15, 0.2) is 48.8 Å². The predicted octanol–water partition coefficient (Wildman–Crippen LogP) is 2.10. The maximum Gasteiger partial charge on any atom is 0.242 e. The Morgan fingerprint density at radius 1 is 1.29 bits per heavy atom. The van der Waals surface area contributed by atoms with E-state index in [1.807, 2.05) is 6.07 Å². The molecule has 0 saturated heterocycles. The van der Waals surface area contributed by atoms with Crippen LogP contribution in [0.1, 0.15) is 11.4 Å². The first-order chi connectivity index (χ1) is 11.6. The van der Waals surface area contributed by atoms with Gasteiger partial charge in [0.05, 0.1) is 0 Å². The number of nitrogens with zero attached hydrogens (tertiary/aromatic N) is 4. The molecule has 3 rings (SSSR count). The number of nitrogens with one attached hydrogen (secondary N) is 1. The van der Waals surface area contributed by atoms with Crippen LogP contribution in [0.3, 0.4) is 0 Å². The summed E-state index contributed by atoms with van der Waals surface area (Å²) in [5.41, 5.74) is 1.49. The lowest BCUT2D eigenvalue weighted by Crippen LogP contribution is -2.28. The van der Waals surface area contributed by atoms with Crippen LogP contribution in [0.25, 0.3) is 11.4 Å². The number of hydrogen-bond donors (Lipinski definition) is 1. The molecule has 0 fully saturated rings. The molecule has 1 amide bonds. The summed E-state index contributed by atoms with van der Waals surface area (Å²) in [6.45, 7) is 2.10. The van der Waals surface area contributed by atoms with Gasteiger partial charge in [0.25, 0.3) is 0 Å². The van der Waals surface area contributed by atoms with E-state index in [9.17, 15) is 9.18 Å². The Hall–Kier alpha value is -3.09. The van der Waals surface area contributed by atoms with E-state index in [1.165, 1.54) is 16.8 Å². The molecule has 24 heavy (non-hydrogen) atoms. The quantitative estimate of drug-likeness (QED) is 0.780. The molecule has 6 nitrogen and oxygen atoms in total. The number of benzene rings is 1. The Bertz CT molecular complexity index is 847. The van der Waals surface area contributed by atoms with Crippen molar-refractivity contribution in [1.82, 2.24) is 25.1 Å². The zero-order valence-electron chi connectivity index (χ0n) is 13.1.